The van der Waals surface area contributed by atoms with Crippen LogP contribution in [0.25, 0.3) is 22.2 Å². The molecule has 0 radical (unpaired) electrons. The average molecular weight is 314 g/mol. The van der Waals surface area contributed by atoms with E-state index in [4.69, 9.17) is 0 Å². The van der Waals surface area contributed by atoms with Crippen LogP contribution < -0.4 is 0 Å². The van der Waals surface area contributed by atoms with Gasteiger partial charge in [0, 0.05) is 15.4 Å². The van der Waals surface area contributed by atoms with Crippen LogP contribution in [0.5, 0.6) is 0 Å². The third-order valence-electron chi connectivity index (χ3n) is 3.28. The Bertz CT molecular complexity index is 756. The maximum atomic E-state index is 11.4. The van der Waals surface area contributed by atoms with E-state index in [9.17, 15) is 4.79 Å². The number of halogens is 1. The summed E-state index contributed by atoms with van der Waals surface area (Å²) >= 11 is 3.51. The monoisotopic (exact) mass is 313 g/mol. The number of carbonyl (C=O) groups is 1. The van der Waals surface area contributed by atoms with Gasteiger partial charge in [0.2, 0.25) is 0 Å². The summed E-state index contributed by atoms with van der Waals surface area (Å²) in [6.45, 7) is 2.05. The Labute approximate surface area is 119 Å². The Kier molecular flexibility index (Phi) is 2.99. The van der Waals surface area contributed by atoms with Gasteiger partial charge in [0.15, 0.2) is 6.29 Å². The Morgan fingerprint density at radius 2 is 1.84 bits per heavy atom. The van der Waals surface area contributed by atoms with E-state index in [-0.39, 0.29) is 0 Å². The summed E-state index contributed by atoms with van der Waals surface area (Å²) in [4.78, 5) is 14.8. The molecule has 0 saturated carbocycles. The molecule has 0 aliphatic rings. The Hall–Kier alpha value is -1.87. The van der Waals surface area contributed by atoms with Crippen LogP contribution in [0.4, 0.5) is 0 Å². The maximum Gasteiger partial charge on any atom is 0.152 e. The smallest absolute Gasteiger partial charge is 0.152 e. The molecule has 0 saturated heterocycles. The van der Waals surface area contributed by atoms with Gasteiger partial charge in [-0.3, -0.25) is 4.79 Å². The molecule has 94 valence electrons. The van der Waals surface area contributed by atoms with E-state index in [0.717, 1.165) is 32.9 Å². The van der Waals surface area contributed by atoms with Gasteiger partial charge in [-0.2, -0.15) is 0 Å². The Morgan fingerprint density at radius 1 is 1.11 bits per heavy atom. The van der Waals surface area contributed by atoms with E-state index in [1.54, 1.807) is 0 Å². The SMILES string of the molecule is Cc1ccc(-c2[nH]c3c(Br)cccc3c2C=O)cc1. The molecule has 3 rings (SSSR count). The van der Waals surface area contributed by atoms with E-state index in [1.807, 2.05) is 49.4 Å². The predicted octanol–water partition coefficient (Wildman–Crippen LogP) is 4.72. The van der Waals surface area contributed by atoms with Gasteiger partial charge in [-0.05, 0) is 34.5 Å². The number of hydrogen-bond acceptors (Lipinski definition) is 1. The van der Waals surface area contributed by atoms with Crippen molar-refractivity contribution in [3.8, 4) is 11.3 Å². The van der Waals surface area contributed by atoms with Gasteiger partial charge in [-0.25, -0.2) is 0 Å². The Balaban J connectivity index is 2.32. The molecule has 0 bridgehead atoms. The highest BCUT2D eigenvalue weighted by Crippen LogP contribution is 2.32. The molecule has 0 aliphatic carbocycles. The lowest BCUT2D eigenvalue weighted by Gasteiger charge is -2.00. The molecule has 2 nitrogen and oxygen atoms in total. The van der Waals surface area contributed by atoms with Crippen molar-refractivity contribution in [3.63, 3.8) is 0 Å². The van der Waals surface area contributed by atoms with Crippen molar-refractivity contribution in [1.82, 2.24) is 4.98 Å². The molecule has 3 aromatic rings. The number of hydrogen-bond donors (Lipinski definition) is 1. The van der Waals surface area contributed by atoms with E-state index in [1.165, 1.54) is 5.56 Å². The molecule has 0 unspecified atom stereocenters. The van der Waals surface area contributed by atoms with Crippen molar-refractivity contribution in [2.45, 2.75) is 6.92 Å². The zero-order valence-electron chi connectivity index (χ0n) is 10.4. The highest BCUT2D eigenvalue weighted by molar-refractivity contribution is 9.10. The standard InChI is InChI=1S/C16H12BrNO/c1-10-5-7-11(8-6-10)15-13(9-19)12-3-2-4-14(17)16(12)18-15/h2-9,18H,1H3. The summed E-state index contributed by atoms with van der Waals surface area (Å²) in [6, 6.07) is 14.0. The first-order valence-electron chi connectivity index (χ1n) is 6.03. The largest absolute Gasteiger partial charge is 0.353 e. The lowest BCUT2D eigenvalue weighted by molar-refractivity contribution is 0.112. The van der Waals surface area contributed by atoms with Gasteiger partial charge >= 0.3 is 0 Å². The number of aromatic nitrogens is 1. The second-order valence-electron chi connectivity index (χ2n) is 4.56. The number of fused-ring (bicyclic) bond motifs is 1. The minimum Gasteiger partial charge on any atom is -0.353 e. The van der Waals surface area contributed by atoms with Gasteiger partial charge < -0.3 is 4.98 Å². The first kappa shape index (κ1) is 12.2. The molecule has 1 N–H and O–H groups in total. The van der Waals surface area contributed by atoms with Crippen molar-refractivity contribution in [3.05, 3.63) is 58.1 Å². The van der Waals surface area contributed by atoms with E-state index >= 15 is 0 Å². The molecule has 3 heteroatoms. The number of nitrogens with one attached hydrogen (secondary N) is 1. The van der Waals surface area contributed by atoms with Crippen molar-refractivity contribution < 1.29 is 4.79 Å². The molecule has 1 aromatic heterocycles. The number of H-pyrrole nitrogens is 1. The summed E-state index contributed by atoms with van der Waals surface area (Å²) < 4.78 is 0.964. The number of rotatable bonds is 2. The fourth-order valence-corrected chi connectivity index (χ4v) is 2.74. The molecule has 0 amide bonds. The highest BCUT2D eigenvalue weighted by Gasteiger charge is 2.13. The van der Waals surface area contributed by atoms with Crippen LogP contribution in [-0.2, 0) is 0 Å². The van der Waals surface area contributed by atoms with Crippen LogP contribution in [0.15, 0.2) is 46.9 Å². The van der Waals surface area contributed by atoms with Crippen LogP contribution in [0, 0.1) is 6.92 Å². The van der Waals surface area contributed by atoms with Crippen molar-refractivity contribution in [1.29, 1.82) is 0 Å². The van der Waals surface area contributed by atoms with Crippen molar-refractivity contribution in [2.75, 3.05) is 0 Å². The molecule has 1 heterocycles. The van der Waals surface area contributed by atoms with E-state index in [2.05, 4.69) is 20.9 Å². The number of carbonyl (C=O) groups excluding carboxylic acids is 1. The molecule has 2 aromatic carbocycles. The Morgan fingerprint density at radius 3 is 2.53 bits per heavy atom. The number of aldehydes is 1. The van der Waals surface area contributed by atoms with Crippen LogP contribution in [-0.4, -0.2) is 11.3 Å². The summed E-state index contributed by atoms with van der Waals surface area (Å²) in [7, 11) is 0. The highest BCUT2D eigenvalue weighted by atomic mass is 79.9. The first-order valence-corrected chi connectivity index (χ1v) is 6.82. The van der Waals surface area contributed by atoms with Gasteiger partial charge in [-0.15, -0.1) is 0 Å². The van der Waals surface area contributed by atoms with Crippen LogP contribution in [0.3, 0.4) is 0 Å². The average Bonchev–Trinajstić information content (AvgIpc) is 2.79. The molecular formula is C16H12BrNO. The normalized spacial score (nSPS) is 10.8. The van der Waals surface area contributed by atoms with Gasteiger partial charge in [0.25, 0.3) is 0 Å². The third-order valence-corrected chi connectivity index (χ3v) is 3.94. The number of aryl methyl sites for hydroxylation is 1. The molecule has 0 fully saturated rings. The minimum atomic E-state index is 0.708. The first-order chi connectivity index (χ1) is 9.20. The summed E-state index contributed by atoms with van der Waals surface area (Å²) in [5, 5.41) is 0.944. The number of aromatic amines is 1. The molecule has 0 spiro atoms. The van der Waals surface area contributed by atoms with Gasteiger partial charge in [-0.1, -0.05) is 42.0 Å². The lowest BCUT2D eigenvalue weighted by Crippen LogP contribution is -1.84. The number of para-hydroxylation sites is 1. The topological polar surface area (TPSA) is 32.9 Å². The second-order valence-corrected chi connectivity index (χ2v) is 5.41. The van der Waals surface area contributed by atoms with Gasteiger partial charge in [0.05, 0.1) is 11.2 Å². The minimum absolute atomic E-state index is 0.708. The fraction of sp³-hybridized carbons (Fsp3) is 0.0625. The van der Waals surface area contributed by atoms with Crippen LogP contribution in [0.2, 0.25) is 0 Å². The summed E-state index contributed by atoms with van der Waals surface area (Å²) in [5.41, 5.74) is 4.77. The van der Waals surface area contributed by atoms with Crippen molar-refractivity contribution in [2.24, 2.45) is 0 Å². The molecular weight excluding hydrogens is 302 g/mol. The predicted molar refractivity (Wildman–Crippen MR) is 81.6 cm³/mol. The quantitative estimate of drug-likeness (QED) is 0.682. The zero-order chi connectivity index (χ0) is 13.4. The summed E-state index contributed by atoms with van der Waals surface area (Å²) in [6.07, 6.45) is 0.917. The van der Waals surface area contributed by atoms with Crippen LogP contribution in [0.1, 0.15) is 15.9 Å². The second kappa shape index (κ2) is 4.67. The third kappa shape index (κ3) is 2.00. The zero-order valence-corrected chi connectivity index (χ0v) is 12.0. The molecule has 0 atom stereocenters. The van der Waals surface area contributed by atoms with Crippen molar-refractivity contribution >= 4 is 33.1 Å². The number of benzene rings is 2. The van der Waals surface area contributed by atoms with E-state index in [0.29, 0.717) is 5.56 Å². The van der Waals surface area contributed by atoms with E-state index < -0.39 is 0 Å². The maximum absolute atomic E-state index is 11.4. The van der Waals surface area contributed by atoms with Crippen LogP contribution >= 0.6 is 15.9 Å². The molecule has 0 aliphatic heterocycles. The van der Waals surface area contributed by atoms with Gasteiger partial charge in [0.1, 0.15) is 0 Å². The lowest BCUT2D eigenvalue weighted by atomic mass is 10.1. The molecule has 19 heavy (non-hydrogen) atoms. The summed E-state index contributed by atoms with van der Waals surface area (Å²) in [5.74, 6) is 0. The fourth-order valence-electron chi connectivity index (χ4n) is 2.27.